The summed E-state index contributed by atoms with van der Waals surface area (Å²) < 4.78 is 0. The van der Waals surface area contributed by atoms with Gasteiger partial charge in [0.15, 0.2) is 5.69 Å². The van der Waals surface area contributed by atoms with Gasteiger partial charge < -0.3 is 5.32 Å². The highest BCUT2D eigenvalue weighted by atomic mass is 16.2. The van der Waals surface area contributed by atoms with Gasteiger partial charge in [-0.3, -0.25) is 9.78 Å². The average molecular weight is 279 g/mol. The Labute approximate surface area is 121 Å². The molecule has 3 rings (SSSR count). The molecular formula is C15H13N5O. The number of anilines is 1. The van der Waals surface area contributed by atoms with Gasteiger partial charge in [-0.1, -0.05) is 12.1 Å². The molecule has 0 bridgehead atoms. The molecule has 0 atom stereocenters. The molecule has 0 saturated carbocycles. The van der Waals surface area contributed by atoms with Crippen molar-refractivity contribution in [3.05, 3.63) is 71.8 Å². The van der Waals surface area contributed by atoms with Gasteiger partial charge >= 0.3 is 0 Å². The van der Waals surface area contributed by atoms with Crippen LogP contribution in [0.5, 0.6) is 0 Å². The molecular weight excluding hydrogens is 266 g/mol. The van der Waals surface area contributed by atoms with Gasteiger partial charge in [-0.25, -0.2) is 0 Å². The SMILES string of the molecule is O=C(Nc1ccc(Cc2ccncc2)cc1)c1cn[nH]n1. The molecule has 21 heavy (non-hydrogen) atoms. The van der Waals surface area contributed by atoms with E-state index in [1.54, 1.807) is 12.4 Å². The first-order chi connectivity index (χ1) is 10.3. The molecule has 104 valence electrons. The molecule has 0 aliphatic rings. The Balaban J connectivity index is 1.65. The third-order valence-electron chi connectivity index (χ3n) is 3.02. The Morgan fingerprint density at radius 1 is 1.05 bits per heavy atom. The van der Waals surface area contributed by atoms with Crippen LogP contribution in [0.1, 0.15) is 21.6 Å². The number of carbonyl (C=O) groups excluding carboxylic acids is 1. The van der Waals surface area contributed by atoms with Crippen molar-refractivity contribution in [1.82, 2.24) is 20.4 Å². The summed E-state index contributed by atoms with van der Waals surface area (Å²) >= 11 is 0. The van der Waals surface area contributed by atoms with Crippen LogP contribution in [-0.4, -0.2) is 26.3 Å². The van der Waals surface area contributed by atoms with E-state index in [1.807, 2.05) is 36.4 Å². The molecule has 0 aliphatic carbocycles. The van der Waals surface area contributed by atoms with E-state index < -0.39 is 0 Å². The summed E-state index contributed by atoms with van der Waals surface area (Å²) in [6.45, 7) is 0. The lowest BCUT2D eigenvalue weighted by molar-refractivity contribution is 0.102. The highest BCUT2D eigenvalue weighted by Gasteiger charge is 2.08. The van der Waals surface area contributed by atoms with Crippen molar-refractivity contribution in [2.75, 3.05) is 5.32 Å². The normalized spacial score (nSPS) is 10.3. The van der Waals surface area contributed by atoms with Crippen LogP contribution in [0.2, 0.25) is 0 Å². The largest absolute Gasteiger partial charge is 0.321 e. The first kappa shape index (κ1) is 13.0. The minimum absolute atomic E-state index is 0.260. The fourth-order valence-electron chi connectivity index (χ4n) is 1.95. The minimum atomic E-state index is -0.286. The molecule has 0 saturated heterocycles. The fourth-order valence-corrected chi connectivity index (χ4v) is 1.95. The maximum absolute atomic E-state index is 11.8. The quantitative estimate of drug-likeness (QED) is 0.765. The average Bonchev–Trinajstić information content (AvgIpc) is 3.05. The van der Waals surface area contributed by atoms with Crippen LogP contribution >= 0.6 is 0 Å². The predicted molar refractivity (Wildman–Crippen MR) is 77.8 cm³/mol. The van der Waals surface area contributed by atoms with Gasteiger partial charge in [0.25, 0.3) is 5.91 Å². The molecule has 0 fully saturated rings. The van der Waals surface area contributed by atoms with E-state index in [9.17, 15) is 4.79 Å². The summed E-state index contributed by atoms with van der Waals surface area (Å²) in [6, 6.07) is 11.7. The molecule has 2 heterocycles. The molecule has 1 aromatic carbocycles. The maximum atomic E-state index is 11.8. The van der Waals surface area contributed by atoms with Gasteiger partial charge in [-0.15, -0.1) is 0 Å². The lowest BCUT2D eigenvalue weighted by Gasteiger charge is -2.05. The van der Waals surface area contributed by atoms with E-state index in [2.05, 4.69) is 25.7 Å². The summed E-state index contributed by atoms with van der Waals surface area (Å²) in [7, 11) is 0. The summed E-state index contributed by atoms with van der Waals surface area (Å²) in [5.41, 5.74) is 3.35. The van der Waals surface area contributed by atoms with Crippen molar-refractivity contribution >= 4 is 11.6 Å². The smallest absolute Gasteiger partial charge is 0.277 e. The molecule has 3 aromatic rings. The highest BCUT2D eigenvalue weighted by molar-refractivity contribution is 6.02. The van der Waals surface area contributed by atoms with E-state index >= 15 is 0 Å². The van der Waals surface area contributed by atoms with Gasteiger partial charge in [0.1, 0.15) is 0 Å². The second-order valence-electron chi connectivity index (χ2n) is 4.54. The minimum Gasteiger partial charge on any atom is -0.321 e. The molecule has 2 aromatic heterocycles. The van der Waals surface area contributed by atoms with Crippen molar-refractivity contribution in [2.24, 2.45) is 0 Å². The lowest BCUT2D eigenvalue weighted by Crippen LogP contribution is -2.12. The van der Waals surface area contributed by atoms with Crippen LogP contribution in [0.3, 0.4) is 0 Å². The van der Waals surface area contributed by atoms with E-state index in [0.29, 0.717) is 0 Å². The van der Waals surface area contributed by atoms with Crippen LogP contribution in [0.4, 0.5) is 5.69 Å². The van der Waals surface area contributed by atoms with E-state index in [-0.39, 0.29) is 11.6 Å². The molecule has 0 spiro atoms. The molecule has 0 unspecified atom stereocenters. The van der Waals surface area contributed by atoms with Gasteiger partial charge in [-0.2, -0.15) is 15.4 Å². The number of nitrogens with zero attached hydrogens (tertiary/aromatic N) is 3. The predicted octanol–water partition coefficient (Wildman–Crippen LogP) is 2.04. The van der Waals surface area contributed by atoms with Crippen LogP contribution in [-0.2, 0) is 6.42 Å². The molecule has 1 amide bonds. The topological polar surface area (TPSA) is 83.6 Å². The number of hydrogen-bond donors (Lipinski definition) is 2. The summed E-state index contributed by atoms with van der Waals surface area (Å²) in [6.07, 6.45) is 5.77. The maximum Gasteiger partial charge on any atom is 0.277 e. The zero-order valence-corrected chi connectivity index (χ0v) is 11.2. The number of hydrogen-bond acceptors (Lipinski definition) is 4. The van der Waals surface area contributed by atoms with E-state index in [0.717, 1.165) is 12.1 Å². The number of H-pyrrole nitrogens is 1. The zero-order chi connectivity index (χ0) is 14.5. The number of rotatable bonds is 4. The number of carbonyl (C=O) groups is 1. The highest BCUT2D eigenvalue weighted by Crippen LogP contribution is 2.13. The summed E-state index contributed by atoms with van der Waals surface area (Å²) in [4.78, 5) is 15.8. The number of aromatic nitrogens is 4. The third-order valence-corrected chi connectivity index (χ3v) is 3.02. The van der Waals surface area contributed by atoms with Crippen molar-refractivity contribution < 1.29 is 4.79 Å². The molecule has 6 heteroatoms. The molecule has 6 nitrogen and oxygen atoms in total. The van der Waals surface area contributed by atoms with Crippen LogP contribution in [0.15, 0.2) is 55.0 Å². The zero-order valence-electron chi connectivity index (χ0n) is 11.2. The van der Waals surface area contributed by atoms with Crippen molar-refractivity contribution in [3.63, 3.8) is 0 Å². The number of amides is 1. The van der Waals surface area contributed by atoms with Crippen LogP contribution < -0.4 is 5.32 Å². The van der Waals surface area contributed by atoms with E-state index in [1.165, 1.54) is 17.3 Å². The van der Waals surface area contributed by atoms with Gasteiger partial charge in [0, 0.05) is 18.1 Å². The Hall–Kier alpha value is -3.02. The summed E-state index contributed by atoms with van der Waals surface area (Å²) in [5, 5.41) is 12.5. The second kappa shape index (κ2) is 5.96. The van der Waals surface area contributed by atoms with Crippen LogP contribution in [0.25, 0.3) is 0 Å². The lowest BCUT2D eigenvalue weighted by atomic mass is 10.1. The monoisotopic (exact) mass is 279 g/mol. The molecule has 0 radical (unpaired) electrons. The van der Waals surface area contributed by atoms with Crippen LogP contribution in [0, 0.1) is 0 Å². The van der Waals surface area contributed by atoms with Gasteiger partial charge in [0.05, 0.1) is 6.20 Å². The number of aromatic amines is 1. The Kier molecular flexibility index (Phi) is 3.68. The summed E-state index contributed by atoms with van der Waals surface area (Å²) in [5.74, 6) is -0.286. The Morgan fingerprint density at radius 3 is 2.43 bits per heavy atom. The van der Waals surface area contributed by atoms with E-state index in [4.69, 9.17) is 0 Å². The first-order valence-corrected chi connectivity index (χ1v) is 6.46. The number of nitrogens with one attached hydrogen (secondary N) is 2. The van der Waals surface area contributed by atoms with Crippen molar-refractivity contribution in [2.45, 2.75) is 6.42 Å². The standard InChI is InChI=1S/C15H13N5O/c21-15(14-10-17-20-19-14)18-13-3-1-11(2-4-13)9-12-5-7-16-8-6-12/h1-8,10H,9H2,(H,18,21)(H,17,19,20). The Bertz CT molecular complexity index is 708. The van der Waals surface area contributed by atoms with Gasteiger partial charge in [-0.05, 0) is 41.8 Å². The molecule has 0 aliphatic heterocycles. The fraction of sp³-hybridized carbons (Fsp3) is 0.0667. The van der Waals surface area contributed by atoms with Crippen molar-refractivity contribution in [3.8, 4) is 0 Å². The van der Waals surface area contributed by atoms with Gasteiger partial charge in [0.2, 0.25) is 0 Å². The molecule has 2 N–H and O–H groups in total. The Morgan fingerprint density at radius 2 is 1.76 bits per heavy atom. The van der Waals surface area contributed by atoms with Crippen molar-refractivity contribution in [1.29, 1.82) is 0 Å². The third kappa shape index (κ3) is 3.30. The second-order valence-corrected chi connectivity index (χ2v) is 4.54. The number of pyridine rings is 1. The first-order valence-electron chi connectivity index (χ1n) is 6.46. The number of benzene rings is 1.